The second-order valence-electron chi connectivity index (χ2n) is 12.1. The van der Waals surface area contributed by atoms with Gasteiger partial charge in [-0.1, -0.05) is 94.2 Å². The summed E-state index contributed by atoms with van der Waals surface area (Å²) in [5.41, 5.74) is 2.12. The van der Waals surface area contributed by atoms with Gasteiger partial charge >= 0.3 is 5.97 Å². The second kappa shape index (κ2) is 17.6. The van der Waals surface area contributed by atoms with Crippen LogP contribution in [0.15, 0.2) is 59.8 Å². The molecule has 2 saturated heterocycles. The molecule has 2 rings (SSSR count). The molecule has 6 nitrogen and oxygen atoms in total. The molecule has 6 unspecified atom stereocenters. The summed E-state index contributed by atoms with van der Waals surface area (Å²) in [4.78, 5) is 22.5. The smallest absolute Gasteiger partial charge is 0.327 e. The third-order valence-electron chi connectivity index (χ3n) is 8.53. The van der Waals surface area contributed by atoms with Crippen molar-refractivity contribution in [2.75, 3.05) is 0 Å². The van der Waals surface area contributed by atoms with Crippen LogP contribution < -0.4 is 0 Å². The Morgan fingerprint density at radius 2 is 1.71 bits per heavy atom. The molecular weight excluding hydrogens is 516 g/mol. The first-order valence-corrected chi connectivity index (χ1v) is 15.6. The SMILES string of the molecule is CCCCC1CC[C@@]2(CCC(C)C(C/C=C(C)/C=C/C(O)C(C)/C=C/C(=O)O)O2)OC1/C=C/C(C)=C/CC(=O)CC. The Balaban J connectivity index is 2.08. The van der Waals surface area contributed by atoms with E-state index in [4.69, 9.17) is 14.6 Å². The summed E-state index contributed by atoms with van der Waals surface area (Å²) in [5.74, 6) is -0.741. The Bertz CT molecular complexity index is 989. The van der Waals surface area contributed by atoms with Crippen LogP contribution in [0.25, 0.3) is 0 Å². The lowest BCUT2D eigenvalue weighted by atomic mass is 9.81. The van der Waals surface area contributed by atoms with Gasteiger partial charge in [-0.2, -0.15) is 0 Å². The molecule has 2 aliphatic rings. The van der Waals surface area contributed by atoms with Crippen molar-refractivity contribution in [3.05, 3.63) is 59.8 Å². The maximum atomic E-state index is 11.7. The number of hydrogen-bond acceptors (Lipinski definition) is 5. The average molecular weight is 571 g/mol. The maximum absolute atomic E-state index is 11.7. The minimum Gasteiger partial charge on any atom is -0.478 e. The molecule has 2 heterocycles. The van der Waals surface area contributed by atoms with Gasteiger partial charge in [-0.15, -0.1) is 0 Å². The van der Waals surface area contributed by atoms with Crippen LogP contribution in [0.1, 0.15) is 106 Å². The number of unbranched alkanes of at least 4 members (excludes halogenated alkanes) is 1. The van der Waals surface area contributed by atoms with Crippen LogP contribution in [-0.2, 0) is 19.1 Å². The van der Waals surface area contributed by atoms with Gasteiger partial charge in [-0.25, -0.2) is 4.79 Å². The monoisotopic (exact) mass is 570 g/mol. The van der Waals surface area contributed by atoms with Gasteiger partial charge in [0.1, 0.15) is 5.78 Å². The third-order valence-corrected chi connectivity index (χ3v) is 8.53. The number of ether oxygens (including phenoxy) is 2. The first-order chi connectivity index (χ1) is 19.5. The van der Waals surface area contributed by atoms with Crippen LogP contribution in [0.3, 0.4) is 0 Å². The molecule has 2 N–H and O–H groups in total. The van der Waals surface area contributed by atoms with E-state index < -0.39 is 17.9 Å². The molecule has 0 aliphatic carbocycles. The highest BCUT2D eigenvalue weighted by Gasteiger charge is 2.46. The van der Waals surface area contributed by atoms with E-state index in [1.165, 1.54) is 18.9 Å². The number of carbonyl (C=O) groups excluding carboxylic acids is 1. The van der Waals surface area contributed by atoms with E-state index in [0.29, 0.717) is 24.7 Å². The van der Waals surface area contributed by atoms with E-state index in [2.05, 4.69) is 32.1 Å². The fraction of sp³-hybridized carbons (Fsp3) is 0.657. The summed E-state index contributed by atoms with van der Waals surface area (Å²) in [6.07, 6.45) is 23.1. The first kappa shape index (κ1) is 34.9. The van der Waals surface area contributed by atoms with Crippen LogP contribution in [0.5, 0.6) is 0 Å². The van der Waals surface area contributed by atoms with Gasteiger partial charge in [-0.05, 0) is 51.4 Å². The number of Topliss-reactive ketones (excluding diaryl/α,β-unsaturated/α-hetero) is 1. The molecule has 7 atom stereocenters. The van der Waals surface area contributed by atoms with Gasteiger partial charge in [0.15, 0.2) is 5.79 Å². The molecule has 2 aliphatic heterocycles. The van der Waals surface area contributed by atoms with Crippen LogP contribution in [-0.4, -0.2) is 46.1 Å². The van der Waals surface area contributed by atoms with Crippen molar-refractivity contribution in [2.24, 2.45) is 17.8 Å². The lowest BCUT2D eigenvalue weighted by Crippen LogP contribution is -2.52. The molecule has 2 fully saturated rings. The zero-order valence-corrected chi connectivity index (χ0v) is 26.2. The normalized spacial score (nSPS) is 29.5. The Morgan fingerprint density at radius 3 is 2.39 bits per heavy atom. The second-order valence-corrected chi connectivity index (χ2v) is 12.1. The minimum absolute atomic E-state index is 0.00607. The summed E-state index contributed by atoms with van der Waals surface area (Å²) in [5, 5.41) is 19.1. The lowest BCUT2D eigenvalue weighted by molar-refractivity contribution is -0.324. The van der Waals surface area contributed by atoms with Crippen LogP contribution in [0, 0.1) is 17.8 Å². The number of carboxylic acid groups (broad SMARTS) is 1. The Labute approximate surface area is 248 Å². The molecule has 1 spiro atoms. The molecule has 0 aromatic heterocycles. The summed E-state index contributed by atoms with van der Waals surface area (Å²) in [6.45, 7) is 12.2. The molecule has 0 radical (unpaired) electrons. The molecule has 0 amide bonds. The maximum Gasteiger partial charge on any atom is 0.327 e. The van der Waals surface area contributed by atoms with E-state index in [0.717, 1.165) is 55.7 Å². The van der Waals surface area contributed by atoms with E-state index >= 15 is 0 Å². The number of carboxylic acids is 1. The topological polar surface area (TPSA) is 93.1 Å². The van der Waals surface area contributed by atoms with E-state index in [1.54, 1.807) is 13.0 Å². The zero-order valence-electron chi connectivity index (χ0n) is 26.2. The van der Waals surface area contributed by atoms with Gasteiger partial charge in [0.05, 0.1) is 18.3 Å². The lowest BCUT2D eigenvalue weighted by Gasteiger charge is -2.49. The predicted octanol–water partition coefficient (Wildman–Crippen LogP) is 7.89. The number of rotatable bonds is 15. The first-order valence-electron chi connectivity index (χ1n) is 15.6. The third kappa shape index (κ3) is 12.2. The Kier molecular flexibility index (Phi) is 15.0. The van der Waals surface area contributed by atoms with E-state index in [-0.39, 0.29) is 23.9 Å². The predicted molar refractivity (Wildman–Crippen MR) is 165 cm³/mol. The fourth-order valence-corrected chi connectivity index (χ4v) is 5.46. The zero-order chi connectivity index (χ0) is 30.4. The summed E-state index contributed by atoms with van der Waals surface area (Å²) in [6, 6.07) is 0. The van der Waals surface area contributed by atoms with Crippen molar-refractivity contribution in [2.45, 2.75) is 130 Å². The molecule has 41 heavy (non-hydrogen) atoms. The number of allylic oxidation sites excluding steroid dienone is 5. The summed E-state index contributed by atoms with van der Waals surface area (Å²) < 4.78 is 13.6. The molecule has 0 bridgehead atoms. The average Bonchev–Trinajstić information content (AvgIpc) is 2.96. The summed E-state index contributed by atoms with van der Waals surface area (Å²) >= 11 is 0. The van der Waals surface area contributed by atoms with Gasteiger partial charge < -0.3 is 19.7 Å². The van der Waals surface area contributed by atoms with Gasteiger partial charge in [0.25, 0.3) is 0 Å². The molecular formula is C35H54O6. The molecule has 0 saturated carbocycles. The van der Waals surface area contributed by atoms with E-state index in [1.807, 2.05) is 32.9 Å². The van der Waals surface area contributed by atoms with Crippen LogP contribution in [0.2, 0.25) is 0 Å². The summed E-state index contributed by atoms with van der Waals surface area (Å²) in [7, 11) is 0. The van der Waals surface area contributed by atoms with Crippen LogP contribution >= 0.6 is 0 Å². The highest BCUT2D eigenvalue weighted by atomic mass is 16.7. The number of carbonyl (C=O) groups is 2. The highest BCUT2D eigenvalue weighted by molar-refractivity contribution is 5.80. The van der Waals surface area contributed by atoms with Crippen molar-refractivity contribution in [3.63, 3.8) is 0 Å². The molecule has 230 valence electrons. The molecule has 0 aromatic rings. The van der Waals surface area contributed by atoms with E-state index in [9.17, 15) is 14.7 Å². The van der Waals surface area contributed by atoms with Gasteiger partial charge in [-0.3, -0.25) is 4.79 Å². The highest BCUT2D eigenvalue weighted by Crippen LogP contribution is 2.45. The number of aliphatic hydroxyl groups excluding tert-OH is 1. The Hall–Kier alpha value is -2.28. The van der Waals surface area contributed by atoms with Crippen molar-refractivity contribution in [1.29, 1.82) is 0 Å². The van der Waals surface area contributed by atoms with Gasteiger partial charge in [0.2, 0.25) is 0 Å². The number of aliphatic hydroxyl groups is 1. The number of ketones is 1. The van der Waals surface area contributed by atoms with Crippen molar-refractivity contribution in [1.82, 2.24) is 0 Å². The number of hydrogen-bond donors (Lipinski definition) is 2. The van der Waals surface area contributed by atoms with Gasteiger partial charge in [0, 0.05) is 37.7 Å². The molecule has 6 heteroatoms. The van der Waals surface area contributed by atoms with Crippen LogP contribution in [0.4, 0.5) is 0 Å². The fourth-order valence-electron chi connectivity index (χ4n) is 5.46. The minimum atomic E-state index is -1.02. The van der Waals surface area contributed by atoms with Crippen molar-refractivity contribution < 1.29 is 29.3 Å². The van der Waals surface area contributed by atoms with Crippen molar-refractivity contribution in [3.8, 4) is 0 Å². The van der Waals surface area contributed by atoms with Crippen molar-refractivity contribution >= 4 is 11.8 Å². The quantitative estimate of drug-likeness (QED) is 0.154. The standard InChI is InChI=1S/C35H54O6/c1-7-9-10-29-22-24-35(41-33(29)19-14-25(3)11-16-30(36)8-2)23-21-28(6)32(40-35)18-13-26(4)12-17-31(37)27(5)15-20-34(38)39/h11-15,17,19-20,27-29,31-33,37H,7-10,16,18,21-24H2,1-6H3,(H,38,39)/b17-12+,19-14+,20-15+,25-11+,26-13+/t27?,28?,29?,31?,32?,33?,35-/m1/s1. The number of aliphatic carboxylic acids is 1. The molecule has 0 aromatic carbocycles. The Morgan fingerprint density at radius 1 is 1.00 bits per heavy atom. The largest absolute Gasteiger partial charge is 0.478 e.